The summed E-state index contributed by atoms with van der Waals surface area (Å²) < 4.78 is 5.27. The molecular weight excluding hydrogens is 387 g/mol. The van der Waals surface area contributed by atoms with E-state index in [1.54, 1.807) is 12.1 Å². The third-order valence-corrected chi connectivity index (χ3v) is 5.02. The number of nitrogens with one attached hydrogen (secondary N) is 1. The molecule has 0 unspecified atom stereocenters. The Kier molecular flexibility index (Phi) is 4.52. The Labute approximate surface area is 164 Å². The third-order valence-electron chi connectivity index (χ3n) is 4.48. The molecule has 0 atom stereocenters. The second kappa shape index (κ2) is 6.85. The van der Waals surface area contributed by atoms with E-state index in [1.807, 2.05) is 24.3 Å². The number of rotatable bonds is 4. The number of hydrogen-bond donors (Lipinski definition) is 2. The van der Waals surface area contributed by atoms with Gasteiger partial charge in [0.25, 0.3) is 0 Å². The van der Waals surface area contributed by atoms with E-state index in [0.717, 1.165) is 32.9 Å². The van der Waals surface area contributed by atoms with Gasteiger partial charge in [0.2, 0.25) is 0 Å². The third kappa shape index (κ3) is 2.94. The zero-order valence-corrected chi connectivity index (χ0v) is 15.7. The highest BCUT2D eigenvalue weighted by molar-refractivity contribution is 6.37. The SMILES string of the molecule is COCc1c(C(=O)O)ncc2[nH]c3cccc(-c4ccc(Cl)cc4Cl)c3c12. The van der Waals surface area contributed by atoms with E-state index < -0.39 is 5.97 Å². The number of halogens is 2. The first-order chi connectivity index (χ1) is 13.0. The van der Waals surface area contributed by atoms with Crippen molar-refractivity contribution < 1.29 is 14.6 Å². The number of aromatic amines is 1. The standard InChI is InChI=1S/C20H14Cl2N2O3/c1-27-9-13-18-16(8-23-19(13)20(25)26)24-15-4-2-3-12(17(15)18)11-6-5-10(21)7-14(11)22/h2-8,24H,9H2,1H3,(H,25,26). The van der Waals surface area contributed by atoms with Gasteiger partial charge in [-0.2, -0.15) is 0 Å². The van der Waals surface area contributed by atoms with Crippen molar-refractivity contribution in [1.29, 1.82) is 0 Å². The molecule has 0 saturated carbocycles. The van der Waals surface area contributed by atoms with E-state index >= 15 is 0 Å². The van der Waals surface area contributed by atoms with Crippen molar-refractivity contribution in [2.45, 2.75) is 6.61 Å². The molecule has 2 N–H and O–H groups in total. The number of aromatic carboxylic acids is 1. The van der Waals surface area contributed by atoms with E-state index in [9.17, 15) is 9.90 Å². The van der Waals surface area contributed by atoms with E-state index in [1.165, 1.54) is 13.3 Å². The van der Waals surface area contributed by atoms with Gasteiger partial charge in [-0.3, -0.25) is 0 Å². The van der Waals surface area contributed by atoms with Crippen LogP contribution in [-0.4, -0.2) is 28.2 Å². The van der Waals surface area contributed by atoms with Crippen molar-refractivity contribution in [1.82, 2.24) is 9.97 Å². The van der Waals surface area contributed by atoms with Gasteiger partial charge in [-0.1, -0.05) is 41.4 Å². The van der Waals surface area contributed by atoms with Crippen molar-refractivity contribution in [3.05, 3.63) is 63.9 Å². The van der Waals surface area contributed by atoms with Crippen molar-refractivity contribution in [2.75, 3.05) is 7.11 Å². The Hall–Kier alpha value is -2.60. The Morgan fingerprint density at radius 1 is 1.15 bits per heavy atom. The number of carbonyl (C=O) groups is 1. The number of aromatic nitrogens is 2. The van der Waals surface area contributed by atoms with Crippen molar-refractivity contribution in [2.24, 2.45) is 0 Å². The number of fused-ring (bicyclic) bond motifs is 3. The fourth-order valence-corrected chi connectivity index (χ4v) is 3.92. The first-order valence-electron chi connectivity index (χ1n) is 8.11. The van der Waals surface area contributed by atoms with E-state index in [4.69, 9.17) is 27.9 Å². The highest BCUT2D eigenvalue weighted by atomic mass is 35.5. The Morgan fingerprint density at radius 2 is 1.96 bits per heavy atom. The zero-order valence-electron chi connectivity index (χ0n) is 14.2. The van der Waals surface area contributed by atoms with Crippen LogP contribution in [0.4, 0.5) is 0 Å². The molecule has 0 aliphatic carbocycles. The molecule has 5 nitrogen and oxygen atoms in total. The topological polar surface area (TPSA) is 75.2 Å². The van der Waals surface area contributed by atoms with Gasteiger partial charge >= 0.3 is 5.97 Å². The lowest BCUT2D eigenvalue weighted by atomic mass is 9.97. The Balaban J connectivity index is 2.15. The van der Waals surface area contributed by atoms with Crippen LogP contribution >= 0.6 is 23.2 Å². The van der Waals surface area contributed by atoms with Crippen molar-refractivity contribution in [3.63, 3.8) is 0 Å². The van der Waals surface area contributed by atoms with Gasteiger partial charge in [-0.15, -0.1) is 0 Å². The molecule has 0 saturated heterocycles. The van der Waals surface area contributed by atoms with E-state index in [0.29, 0.717) is 15.6 Å². The number of hydrogen-bond acceptors (Lipinski definition) is 3. The predicted molar refractivity (Wildman–Crippen MR) is 107 cm³/mol. The molecule has 2 aromatic carbocycles. The molecule has 0 radical (unpaired) electrons. The second-order valence-electron chi connectivity index (χ2n) is 6.09. The van der Waals surface area contributed by atoms with Crippen LogP contribution in [0, 0.1) is 0 Å². The summed E-state index contributed by atoms with van der Waals surface area (Å²) in [5, 5.41) is 12.3. The number of H-pyrrole nitrogens is 1. The molecule has 0 bridgehead atoms. The highest BCUT2D eigenvalue weighted by Gasteiger charge is 2.21. The van der Waals surface area contributed by atoms with Crippen LogP contribution in [0.1, 0.15) is 16.1 Å². The van der Waals surface area contributed by atoms with Gasteiger partial charge in [-0.25, -0.2) is 9.78 Å². The summed E-state index contributed by atoms with van der Waals surface area (Å²) in [6, 6.07) is 11.1. The lowest BCUT2D eigenvalue weighted by Gasteiger charge is -2.10. The molecule has 4 rings (SSSR count). The molecule has 2 aromatic heterocycles. The molecule has 0 spiro atoms. The summed E-state index contributed by atoms with van der Waals surface area (Å²) in [7, 11) is 1.52. The summed E-state index contributed by atoms with van der Waals surface area (Å²) in [6.45, 7) is 0.127. The maximum atomic E-state index is 11.7. The van der Waals surface area contributed by atoms with Crippen LogP contribution in [-0.2, 0) is 11.3 Å². The lowest BCUT2D eigenvalue weighted by molar-refractivity contribution is 0.0685. The molecule has 0 aliphatic rings. The number of benzene rings is 2. The van der Waals surface area contributed by atoms with Crippen LogP contribution in [0.3, 0.4) is 0 Å². The molecular formula is C20H14Cl2N2O3. The van der Waals surface area contributed by atoms with Gasteiger partial charge < -0.3 is 14.8 Å². The number of nitrogens with zero attached hydrogens (tertiary/aromatic N) is 1. The number of carboxylic acid groups (broad SMARTS) is 1. The lowest BCUT2D eigenvalue weighted by Crippen LogP contribution is -2.07. The van der Waals surface area contributed by atoms with Gasteiger partial charge in [0, 0.05) is 44.6 Å². The summed E-state index contributed by atoms with van der Waals surface area (Å²) in [6.07, 6.45) is 1.53. The van der Waals surface area contributed by atoms with Crippen LogP contribution < -0.4 is 0 Å². The minimum Gasteiger partial charge on any atom is -0.477 e. The molecule has 0 aliphatic heterocycles. The Bertz CT molecular complexity index is 1200. The first-order valence-corrected chi connectivity index (χ1v) is 8.86. The summed E-state index contributed by atoms with van der Waals surface area (Å²) in [5.41, 5.74) is 3.77. The van der Waals surface area contributed by atoms with Gasteiger partial charge in [-0.05, 0) is 23.8 Å². The summed E-state index contributed by atoms with van der Waals surface area (Å²) >= 11 is 12.5. The van der Waals surface area contributed by atoms with Crippen LogP contribution in [0.5, 0.6) is 0 Å². The maximum Gasteiger partial charge on any atom is 0.354 e. The molecule has 7 heteroatoms. The average molecular weight is 401 g/mol. The van der Waals surface area contributed by atoms with Gasteiger partial charge in [0.05, 0.1) is 18.3 Å². The number of carboxylic acids is 1. The van der Waals surface area contributed by atoms with Gasteiger partial charge in [0.1, 0.15) is 0 Å². The average Bonchev–Trinajstić information content (AvgIpc) is 3.01. The number of pyridine rings is 1. The quantitative estimate of drug-likeness (QED) is 0.471. The monoisotopic (exact) mass is 400 g/mol. The van der Waals surface area contributed by atoms with E-state index in [2.05, 4.69) is 9.97 Å². The smallest absolute Gasteiger partial charge is 0.354 e. The van der Waals surface area contributed by atoms with Crippen LogP contribution in [0.15, 0.2) is 42.6 Å². The minimum atomic E-state index is -1.10. The maximum absolute atomic E-state index is 11.7. The van der Waals surface area contributed by atoms with Crippen molar-refractivity contribution in [3.8, 4) is 11.1 Å². The fourth-order valence-electron chi connectivity index (χ4n) is 3.41. The van der Waals surface area contributed by atoms with Crippen molar-refractivity contribution >= 4 is 51.0 Å². The minimum absolute atomic E-state index is 0.0257. The number of methoxy groups -OCH3 is 1. The summed E-state index contributed by atoms with van der Waals surface area (Å²) in [4.78, 5) is 19.1. The molecule has 0 amide bonds. The fraction of sp³-hybridized carbons (Fsp3) is 0.100. The number of ether oxygens (including phenoxy) is 1. The summed E-state index contributed by atoms with van der Waals surface area (Å²) in [5.74, 6) is -1.10. The second-order valence-corrected chi connectivity index (χ2v) is 6.93. The van der Waals surface area contributed by atoms with Crippen LogP contribution in [0.2, 0.25) is 10.0 Å². The van der Waals surface area contributed by atoms with Crippen LogP contribution in [0.25, 0.3) is 32.9 Å². The molecule has 2 heterocycles. The first kappa shape index (κ1) is 17.8. The molecule has 4 aromatic rings. The zero-order chi connectivity index (χ0) is 19.1. The molecule has 0 fully saturated rings. The largest absolute Gasteiger partial charge is 0.477 e. The van der Waals surface area contributed by atoms with E-state index in [-0.39, 0.29) is 12.3 Å². The molecule has 136 valence electrons. The predicted octanol–water partition coefficient (Wildman–Crippen LogP) is 5.53. The molecule has 27 heavy (non-hydrogen) atoms. The van der Waals surface area contributed by atoms with Gasteiger partial charge in [0.15, 0.2) is 5.69 Å². The highest BCUT2D eigenvalue weighted by Crippen LogP contribution is 2.40. The Morgan fingerprint density at radius 3 is 2.67 bits per heavy atom. The normalized spacial score (nSPS) is 11.4.